The molecular weight excluding hydrogens is 272 g/mol. The average Bonchev–Trinajstić information content (AvgIpc) is 2.85. The van der Waals surface area contributed by atoms with Gasteiger partial charge in [-0.25, -0.2) is 9.97 Å². The summed E-state index contributed by atoms with van der Waals surface area (Å²) in [5.41, 5.74) is 2.56. The molecule has 0 atom stereocenters. The van der Waals surface area contributed by atoms with Gasteiger partial charge in [0, 0.05) is 28.0 Å². The number of thiazole rings is 2. The Morgan fingerprint density at radius 2 is 1.58 bits per heavy atom. The maximum Gasteiger partial charge on any atom is 0.0937 e. The molecule has 0 spiro atoms. The minimum Gasteiger partial charge on any atom is -0.246 e. The van der Waals surface area contributed by atoms with Gasteiger partial charge in [-0.2, -0.15) is 0 Å². The van der Waals surface area contributed by atoms with Crippen LogP contribution in [0.15, 0.2) is 10.8 Å². The first-order valence-electron chi connectivity index (χ1n) is 6.56. The first-order chi connectivity index (χ1) is 8.68. The number of nitrogens with zero attached hydrogens (tertiary/aromatic N) is 2. The van der Waals surface area contributed by atoms with Crippen LogP contribution < -0.4 is 0 Å². The summed E-state index contributed by atoms with van der Waals surface area (Å²) in [6, 6.07) is 0. The SMILES string of the molecule is Cc1nc(C(C)(C)Cc2nc(C(C)(C)C)cs2)cs1. The molecular formula is C15H22N2S2. The second-order valence-corrected chi connectivity index (χ2v) is 8.69. The molecule has 2 aromatic rings. The van der Waals surface area contributed by atoms with E-state index in [1.54, 1.807) is 22.7 Å². The second kappa shape index (κ2) is 4.98. The average molecular weight is 294 g/mol. The van der Waals surface area contributed by atoms with Gasteiger partial charge in [-0.1, -0.05) is 34.6 Å². The Hall–Kier alpha value is -0.740. The van der Waals surface area contributed by atoms with Crippen molar-refractivity contribution < 1.29 is 0 Å². The van der Waals surface area contributed by atoms with Crippen molar-refractivity contribution >= 4 is 22.7 Å². The van der Waals surface area contributed by atoms with Crippen LogP contribution in [0.25, 0.3) is 0 Å². The van der Waals surface area contributed by atoms with Crippen LogP contribution >= 0.6 is 22.7 Å². The zero-order chi connectivity index (χ0) is 14.3. The van der Waals surface area contributed by atoms with Gasteiger partial charge >= 0.3 is 0 Å². The summed E-state index contributed by atoms with van der Waals surface area (Å²) in [5, 5.41) is 6.71. The molecule has 0 saturated carbocycles. The predicted octanol–water partition coefficient (Wildman–Crippen LogP) is 4.73. The quantitative estimate of drug-likeness (QED) is 0.818. The van der Waals surface area contributed by atoms with Gasteiger partial charge in [0.05, 0.1) is 21.4 Å². The maximum atomic E-state index is 4.79. The van der Waals surface area contributed by atoms with Crippen molar-refractivity contribution in [2.75, 3.05) is 0 Å². The van der Waals surface area contributed by atoms with Gasteiger partial charge in [-0.3, -0.25) is 0 Å². The minimum absolute atomic E-state index is 0.0533. The van der Waals surface area contributed by atoms with Crippen LogP contribution in [-0.2, 0) is 17.3 Å². The summed E-state index contributed by atoms with van der Waals surface area (Å²) < 4.78 is 0. The largest absolute Gasteiger partial charge is 0.246 e. The van der Waals surface area contributed by atoms with E-state index in [1.165, 1.54) is 16.4 Å². The monoisotopic (exact) mass is 294 g/mol. The summed E-state index contributed by atoms with van der Waals surface area (Å²) >= 11 is 3.49. The van der Waals surface area contributed by atoms with E-state index in [-0.39, 0.29) is 10.8 Å². The highest BCUT2D eigenvalue weighted by molar-refractivity contribution is 7.10. The van der Waals surface area contributed by atoms with E-state index < -0.39 is 0 Å². The van der Waals surface area contributed by atoms with E-state index >= 15 is 0 Å². The van der Waals surface area contributed by atoms with Crippen molar-refractivity contribution in [3.8, 4) is 0 Å². The van der Waals surface area contributed by atoms with E-state index in [1.807, 2.05) is 0 Å². The predicted molar refractivity (Wildman–Crippen MR) is 84.4 cm³/mol. The Bertz CT molecular complexity index is 559. The zero-order valence-corrected chi connectivity index (χ0v) is 14.2. The van der Waals surface area contributed by atoms with Gasteiger partial charge in [0.25, 0.3) is 0 Å². The normalized spacial score (nSPS) is 12.9. The Morgan fingerprint density at radius 3 is 2.05 bits per heavy atom. The smallest absolute Gasteiger partial charge is 0.0937 e. The van der Waals surface area contributed by atoms with Gasteiger partial charge in [-0.05, 0) is 6.92 Å². The summed E-state index contributed by atoms with van der Waals surface area (Å²) in [4.78, 5) is 9.42. The lowest BCUT2D eigenvalue weighted by atomic mass is 9.86. The molecule has 2 nitrogen and oxygen atoms in total. The number of rotatable bonds is 3. The lowest BCUT2D eigenvalue weighted by Crippen LogP contribution is -2.21. The van der Waals surface area contributed by atoms with Gasteiger partial charge in [-0.15, -0.1) is 22.7 Å². The van der Waals surface area contributed by atoms with Crippen LogP contribution in [-0.4, -0.2) is 9.97 Å². The van der Waals surface area contributed by atoms with E-state index in [4.69, 9.17) is 4.98 Å². The van der Waals surface area contributed by atoms with Crippen molar-refractivity contribution in [3.05, 3.63) is 32.2 Å². The third kappa shape index (κ3) is 3.42. The summed E-state index contributed by atoms with van der Waals surface area (Å²) in [6.45, 7) is 13.2. The molecule has 2 rings (SSSR count). The summed E-state index contributed by atoms with van der Waals surface area (Å²) in [5.74, 6) is 0. The van der Waals surface area contributed by atoms with Crippen LogP contribution in [0.3, 0.4) is 0 Å². The fraction of sp³-hybridized carbons (Fsp3) is 0.600. The lowest BCUT2D eigenvalue weighted by molar-refractivity contribution is 0.502. The van der Waals surface area contributed by atoms with E-state index in [0.717, 1.165) is 11.4 Å². The molecule has 0 bridgehead atoms. The first-order valence-corrected chi connectivity index (χ1v) is 8.32. The highest BCUT2D eigenvalue weighted by Gasteiger charge is 2.26. The Kier molecular flexibility index (Phi) is 3.85. The van der Waals surface area contributed by atoms with Crippen LogP contribution in [0.2, 0.25) is 0 Å². The van der Waals surface area contributed by atoms with Crippen LogP contribution in [0, 0.1) is 6.92 Å². The molecule has 104 valence electrons. The molecule has 0 amide bonds. The van der Waals surface area contributed by atoms with E-state index in [2.05, 4.69) is 57.3 Å². The molecule has 0 aliphatic heterocycles. The van der Waals surface area contributed by atoms with Crippen molar-refractivity contribution in [1.82, 2.24) is 9.97 Å². The number of hydrogen-bond donors (Lipinski definition) is 0. The van der Waals surface area contributed by atoms with Crippen molar-refractivity contribution in [2.24, 2.45) is 0 Å². The number of aryl methyl sites for hydroxylation is 1. The molecule has 0 aliphatic carbocycles. The molecule has 2 aromatic heterocycles. The maximum absolute atomic E-state index is 4.79. The molecule has 0 N–H and O–H groups in total. The molecule has 0 radical (unpaired) electrons. The number of aromatic nitrogens is 2. The molecule has 0 saturated heterocycles. The van der Waals surface area contributed by atoms with E-state index in [9.17, 15) is 0 Å². The summed E-state index contributed by atoms with van der Waals surface area (Å²) in [6.07, 6.45) is 0.955. The molecule has 0 fully saturated rings. The molecule has 2 heterocycles. The molecule has 0 aliphatic rings. The second-order valence-electron chi connectivity index (χ2n) is 6.69. The lowest BCUT2D eigenvalue weighted by Gasteiger charge is -2.21. The fourth-order valence-electron chi connectivity index (χ4n) is 1.88. The highest BCUT2D eigenvalue weighted by Crippen LogP contribution is 2.31. The Labute approximate surface area is 123 Å². The molecule has 0 aromatic carbocycles. The third-order valence-electron chi connectivity index (χ3n) is 3.23. The van der Waals surface area contributed by atoms with Crippen LogP contribution in [0.4, 0.5) is 0 Å². The molecule has 4 heteroatoms. The van der Waals surface area contributed by atoms with Crippen molar-refractivity contribution in [2.45, 2.75) is 58.8 Å². The highest BCUT2D eigenvalue weighted by atomic mass is 32.1. The fourth-order valence-corrected chi connectivity index (χ4v) is 3.93. The van der Waals surface area contributed by atoms with Crippen molar-refractivity contribution in [3.63, 3.8) is 0 Å². The van der Waals surface area contributed by atoms with Gasteiger partial charge < -0.3 is 0 Å². The Morgan fingerprint density at radius 1 is 0.947 bits per heavy atom. The molecule has 19 heavy (non-hydrogen) atoms. The van der Waals surface area contributed by atoms with Crippen molar-refractivity contribution in [1.29, 1.82) is 0 Å². The summed E-state index contributed by atoms with van der Waals surface area (Å²) in [7, 11) is 0. The zero-order valence-electron chi connectivity index (χ0n) is 12.6. The third-order valence-corrected chi connectivity index (χ3v) is 4.85. The van der Waals surface area contributed by atoms with Crippen LogP contribution in [0.1, 0.15) is 56.0 Å². The van der Waals surface area contributed by atoms with E-state index in [0.29, 0.717) is 0 Å². The minimum atomic E-state index is 0.0533. The number of hydrogen-bond acceptors (Lipinski definition) is 4. The standard InChI is InChI=1S/C15H22N2S2/c1-10-16-12(9-18-10)15(5,6)7-13-17-11(8-19-13)14(2,3)4/h8-9H,7H2,1-6H3. The first kappa shape index (κ1) is 14.7. The van der Waals surface area contributed by atoms with Gasteiger partial charge in [0.1, 0.15) is 0 Å². The molecule has 0 unspecified atom stereocenters. The van der Waals surface area contributed by atoms with Crippen LogP contribution in [0.5, 0.6) is 0 Å². The van der Waals surface area contributed by atoms with Gasteiger partial charge in [0.2, 0.25) is 0 Å². The topological polar surface area (TPSA) is 25.8 Å². The Balaban J connectivity index is 2.18. The van der Waals surface area contributed by atoms with Gasteiger partial charge in [0.15, 0.2) is 0 Å².